The Hall–Kier alpha value is -2.89. The predicted octanol–water partition coefficient (Wildman–Crippen LogP) is 20.4. The van der Waals surface area contributed by atoms with Gasteiger partial charge in [0.2, 0.25) is 0 Å². The number of hydrogen-bond donors (Lipinski definition) is 0. The lowest BCUT2D eigenvalue weighted by molar-refractivity contribution is -0.167. The van der Waals surface area contributed by atoms with Crippen molar-refractivity contribution in [1.29, 1.82) is 0 Å². The van der Waals surface area contributed by atoms with Gasteiger partial charge >= 0.3 is 17.9 Å². The molecule has 0 radical (unpaired) electrons. The van der Waals surface area contributed by atoms with Gasteiger partial charge in [-0.1, -0.05) is 268 Å². The third-order valence-corrected chi connectivity index (χ3v) is 13.3. The van der Waals surface area contributed by atoms with E-state index in [-0.39, 0.29) is 31.1 Å². The summed E-state index contributed by atoms with van der Waals surface area (Å²) in [6.45, 7) is 6.51. The largest absolute Gasteiger partial charge is 0.462 e. The molecule has 0 saturated carbocycles. The maximum atomic E-state index is 12.8. The van der Waals surface area contributed by atoms with Gasteiger partial charge in [0.25, 0.3) is 0 Å². The highest BCUT2D eigenvalue weighted by Crippen LogP contribution is 2.16. The van der Waals surface area contributed by atoms with Crippen LogP contribution < -0.4 is 0 Å². The molecule has 1 atom stereocenters. The Balaban J connectivity index is 4.07. The maximum absolute atomic E-state index is 12.8. The zero-order valence-corrected chi connectivity index (χ0v) is 46.5. The average molecular weight is 980 g/mol. The molecule has 0 rings (SSSR count). The summed E-state index contributed by atoms with van der Waals surface area (Å²) in [6.07, 6.45) is 73.9. The van der Waals surface area contributed by atoms with Gasteiger partial charge in [-0.3, -0.25) is 14.4 Å². The van der Waals surface area contributed by atoms with Gasteiger partial charge in [0.15, 0.2) is 6.10 Å². The molecule has 0 spiro atoms. The highest BCUT2D eigenvalue weighted by molar-refractivity contribution is 5.71. The molecule has 0 heterocycles. The van der Waals surface area contributed by atoms with Crippen molar-refractivity contribution in [2.45, 2.75) is 316 Å². The van der Waals surface area contributed by atoms with Gasteiger partial charge < -0.3 is 14.2 Å². The monoisotopic (exact) mass is 979 g/mol. The van der Waals surface area contributed by atoms with Crippen molar-refractivity contribution < 1.29 is 28.6 Å². The van der Waals surface area contributed by atoms with Crippen LogP contribution in [0.2, 0.25) is 0 Å². The molecule has 0 amide bonds. The Labute approximate surface area is 434 Å². The fourth-order valence-electron chi connectivity index (χ4n) is 8.72. The molecule has 1 unspecified atom stereocenters. The van der Waals surface area contributed by atoms with E-state index in [0.29, 0.717) is 19.3 Å². The van der Waals surface area contributed by atoms with E-state index in [2.05, 4.69) is 81.5 Å². The Morgan fingerprint density at radius 3 is 0.886 bits per heavy atom. The van der Waals surface area contributed by atoms with Crippen LogP contribution in [0.4, 0.5) is 0 Å². The SMILES string of the molecule is CC/C=C\C/C=C\C/C=C\C/C=C\CCCCCCCCCCCCCCCCCCC(=O)OCC(COC(=O)CCCCCCCCC)OC(=O)CCCCCCC/C=C\CCCCCCCCC. The molecule has 0 aliphatic rings. The summed E-state index contributed by atoms with van der Waals surface area (Å²) in [5.41, 5.74) is 0. The van der Waals surface area contributed by atoms with Crippen LogP contribution in [-0.2, 0) is 28.6 Å². The normalized spacial score (nSPS) is 12.4. The third kappa shape index (κ3) is 56.0. The van der Waals surface area contributed by atoms with Crippen LogP contribution in [0.5, 0.6) is 0 Å². The van der Waals surface area contributed by atoms with E-state index in [9.17, 15) is 14.4 Å². The van der Waals surface area contributed by atoms with E-state index in [1.54, 1.807) is 0 Å². The highest BCUT2D eigenvalue weighted by Gasteiger charge is 2.19. The van der Waals surface area contributed by atoms with E-state index in [0.717, 1.165) is 89.9 Å². The van der Waals surface area contributed by atoms with Gasteiger partial charge in [-0.15, -0.1) is 0 Å². The molecule has 0 aliphatic heterocycles. The zero-order chi connectivity index (χ0) is 50.7. The number of allylic oxidation sites excluding steroid dienone is 10. The first-order chi connectivity index (χ1) is 34.5. The second-order valence-electron chi connectivity index (χ2n) is 20.2. The minimum atomic E-state index is -0.773. The van der Waals surface area contributed by atoms with Gasteiger partial charge in [0, 0.05) is 19.3 Å². The average Bonchev–Trinajstić information content (AvgIpc) is 3.36. The lowest BCUT2D eigenvalue weighted by atomic mass is 10.0. The Morgan fingerprint density at radius 2 is 0.557 bits per heavy atom. The molecule has 0 aromatic carbocycles. The van der Waals surface area contributed by atoms with Gasteiger partial charge in [-0.2, -0.15) is 0 Å². The fourth-order valence-corrected chi connectivity index (χ4v) is 8.72. The molecular weight excluding hydrogens is 865 g/mol. The van der Waals surface area contributed by atoms with Crippen molar-refractivity contribution in [1.82, 2.24) is 0 Å². The van der Waals surface area contributed by atoms with Crippen molar-refractivity contribution in [3.63, 3.8) is 0 Å². The topological polar surface area (TPSA) is 78.9 Å². The van der Waals surface area contributed by atoms with Crippen LogP contribution in [0.1, 0.15) is 310 Å². The number of ether oxygens (including phenoxy) is 3. The van der Waals surface area contributed by atoms with Crippen LogP contribution in [0.15, 0.2) is 60.8 Å². The number of carbonyl (C=O) groups is 3. The minimum Gasteiger partial charge on any atom is -0.462 e. The predicted molar refractivity (Wildman–Crippen MR) is 302 cm³/mol. The quantitative estimate of drug-likeness (QED) is 0.0261. The summed E-state index contributed by atoms with van der Waals surface area (Å²) in [5.74, 6) is -0.876. The van der Waals surface area contributed by atoms with E-state index >= 15 is 0 Å². The van der Waals surface area contributed by atoms with Crippen LogP contribution >= 0.6 is 0 Å². The van der Waals surface area contributed by atoms with Gasteiger partial charge in [0.1, 0.15) is 13.2 Å². The summed E-state index contributed by atoms with van der Waals surface area (Å²) in [5, 5.41) is 0. The molecule has 70 heavy (non-hydrogen) atoms. The molecule has 0 N–H and O–H groups in total. The summed E-state index contributed by atoms with van der Waals surface area (Å²) in [7, 11) is 0. The third-order valence-electron chi connectivity index (χ3n) is 13.3. The van der Waals surface area contributed by atoms with Crippen LogP contribution in [0.3, 0.4) is 0 Å². The second kappa shape index (κ2) is 58.7. The lowest BCUT2D eigenvalue weighted by Gasteiger charge is -2.18. The first-order valence-electron chi connectivity index (χ1n) is 30.3. The number of unbranched alkanes of at least 4 members (excludes halogenated alkanes) is 34. The summed E-state index contributed by atoms with van der Waals surface area (Å²) < 4.78 is 16.8. The zero-order valence-electron chi connectivity index (χ0n) is 46.5. The molecule has 0 saturated heterocycles. The Kier molecular flexibility index (Phi) is 56.3. The van der Waals surface area contributed by atoms with Gasteiger partial charge in [0.05, 0.1) is 0 Å². The molecule has 0 bridgehead atoms. The van der Waals surface area contributed by atoms with Gasteiger partial charge in [-0.05, 0) is 83.5 Å². The van der Waals surface area contributed by atoms with E-state index in [1.165, 1.54) is 180 Å². The molecule has 0 aromatic heterocycles. The lowest BCUT2D eigenvalue weighted by Crippen LogP contribution is -2.30. The molecule has 6 nitrogen and oxygen atoms in total. The second-order valence-corrected chi connectivity index (χ2v) is 20.2. The maximum Gasteiger partial charge on any atom is 0.306 e. The Bertz CT molecular complexity index is 1260. The first-order valence-corrected chi connectivity index (χ1v) is 30.3. The Morgan fingerprint density at radius 1 is 0.300 bits per heavy atom. The molecule has 0 fully saturated rings. The van der Waals surface area contributed by atoms with Crippen molar-refractivity contribution in [3.05, 3.63) is 60.8 Å². The van der Waals surface area contributed by atoms with Crippen LogP contribution in [0.25, 0.3) is 0 Å². The number of hydrogen-bond acceptors (Lipinski definition) is 6. The molecular formula is C64H114O6. The number of esters is 3. The number of rotatable bonds is 55. The molecule has 0 aromatic rings. The smallest absolute Gasteiger partial charge is 0.306 e. The summed E-state index contributed by atoms with van der Waals surface area (Å²) >= 11 is 0. The van der Waals surface area contributed by atoms with Crippen LogP contribution in [-0.4, -0.2) is 37.2 Å². The summed E-state index contributed by atoms with van der Waals surface area (Å²) in [6, 6.07) is 0. The van der Waals surface area contributed by atoms with Gasteiger partial charge in [-0.25, -0.2) is 0 Å². The molecule has 6 heteroatoms. The van der Waals surface area contributed by atoms with Crippen LogP contribution in [0, 0.1) is 0 Å². The van der Waals surface area contributed by atoms with E-state index in [4.69, 9.17) is 14.2 Å². The minimum absolute atomic E-state index is 0.0739. The molecule has 406 valence electrons. The van der Waals surface area contributed by atoms with Crippen molar-refractivity contribution in [2.75, 3.05) is 13.2 Å². The highest BCUT2D eigenvalue weighted by atomic mass is 16.6. The standard InChI is InChI=1S/C64H114O6/c1-4-7-10-13-16-18-20-22-24-26-27-28-29-30-31-32-33-34-35-36-37-38-40-41-43-45-48-51-54-57-63(66)69-60-61(59-68-62(65)56-53-50-47-15-12-9-6-3)70-64(67)58-55-52-49-46-44-42-39-25-23-21-19-17-14-11-8-5-2/h7,10,16,18,22,24-25,27-28,39,61H,4-6,8-9,11-15,17,19-21,23,26,29-38,40-60H2,1-3H3/b10-7-,18-16-,24-22-,28-27-,39-25-. The summed E-state index contributed by atoms with van der Waals surface area (Å²) in [4.78, 5) is 38.0. The first kappa shape index (κ1) is 67.1. The van der Waals surface area contributed by atoms with Crippen molar-refractivity contribution in [2.24, 2.45) is 0 Å². The van der Waals surface area contributed by atoms with E-state index < -0.39 is 6.10 Å². The van der Waals surface area contributed by atoms with E-state index in [1.807, 2.05) is 0 Å². The van der Waals surface area contributed by atoms with Crippen molar-refractivity contribution >= 4 is 17.9 Å². The fraction of sp³-hybridized carbons (Fsp3) is 0.797. The number of carbonyl (C=O) groups excluding carboxylic acids is 3. The van der Waals surface area contributed by atoms with Crippen molar-refractivity contribution in [3.8, 4) is 0 Å². The molecule has 0 aliphatic carbocycles.